The number of amides is 1. The number of ether oxygens (including phenoxy) is 2. The van der Waals surface area contributed by atoms with Gasteiger partial charge in [-0.15, -0.1) is 0 Å². The van der Waals surface area contributed by atoms with Crippen LogP contribution in [0.4, 0.5) is 0 Å². The van der Waals surface area contributed by atoms with Gasteiger partial charge in [-0.05, 0) is 154 Å². The van der Waals surface area contributed by atoms with E-state index in [1.54, 1.807) is 21.3 Å². The zero-order valence-electron chi connectivity index (χ0n) is 58.5. The molecule has 0 aliphatic carbocycles. The molecule has 1 rings (SSSR count). The highest BCUT2D eigenvalue weighted by molar-refractivity contribution is 6.87. The van der Waals surface area contributed by atoms with E-state index < -0.39 is 67.4 Å². The summed E-state index contributed by atoms with van der Waals surface area (Å²) < 4.78 is 64.7. The van der Waals surface area contributed by atoms with Crippen LogP contribution in [0, 0.1) is 0 Å². The molecule has 0 bridgehead atoms. The largest absolute Gasteiger partial charge is 0.647 e. The van der Waals surface area contributed by atoms with Gasteiger partial charge in [-0.1, -0.05) is 119 Å². The number of hydrogen-bond donors (Lipinski definition) is 3. The van der Waals surface area contributed by atoms with Crippen molar-refractivity contribution >= 4 is 86.1 Å². The average Bonchev–Trinajstić information content (AvgIpc) is 3.44. The lowest BCUT2D eigenvalue weighted by atomic mass is 10.1. The van der Waals surface area contributed by atoms with Gasteiger partial charge in [-0.3, -0.25) is 10.1 Å². The number of carbonyl (C=O) groups is 1. The van der Waals surface area contributed by atoms with Crippen molar-refractivity contribution in [1.29, 1.82) is 0 Å². The van der Waals surface area contributed by atoms with E-state index in [-0.39, 0.29) is 16.9 Å². The molecule has 1 amide bonds. The van der Waals surface area contributed by atoms with Crippen molar-refractivity contribution in [3.8, 4) is 11.5 Å². The van der Waals surface area contributed by atoms with Gasteiger partial charge in [0, 0.05) is 85.7 Å². The van der Waals surface area contributed by atoms with Crippen molar-refractivity contribution in [2.24, 2.45) is 0 Å². The van der Waals surface area contributed by atoms with Crippen LogP contribution >= 0.6 is 0 Å². The first-order chi connectivity index (χ1) is 38.1. The topological polar surface area (TPSA) is 226 Å². The summed E-state index contributed by atoms with van der Waals surface area (Å²) in [4.78, 5) is 11.7. The molecule has 83 heavy (non-hydrogen) atoms. The molecule has 0 aliphatic heterocycles. The van der Waals surface area contributed by atoms with Crippen molar-refractivity contribution in [3.05, 3.63) is 24.3 Å². The number of unbranched alkanes of at least 4 members (excludes halogenated alkanes) is 11. The SMILES string of the molecule is CC.CCCCCCNC(=O)CCCCC(O)NCC[Si](OC)(OC)OC.CCCCCCOc1ccc(O[SiH2]O[Si](C)(C)C)cc1.CCCCOCCCCCCO[Si](O[Si](C)(C)C)(O[Si](C)(C)C)O[Si](C)(C)C.C[SiH2]C.C[SiH2]C.O.O. The van der Waals surface area contributed by atoms with Gasteiger partial charge in [-0.2, -0.15) is 0 Å². The summed E-state index contributed by atoms with van der Waals surface area (Å²) >= 11 is 0. The van der Waals surface area contributed by atoms with E-state index in [9.17, 15) is 9.90 Å². The summed E-state index contributed by atoms with van der Waals surface area (Å²) in [6.07, 6.45) is 18.5. The molecule has 1 atom stereocenters. The summed E-state index contributed by atoms with van der Waals surface area (Å²) in [6.45, 7) is 50.3. The van der Waals surface area contributed by atoms with Crippen LogP contribution in [-0.4, -0.2) is 169 Å². The minimum Gasteiger partial charge on any atom is -0.525 e. The van der Waals surface area contributed by atoms with Crippen LogP contribution in [0.25, 0.3) is 0 Å². The Hall–Kier alpha value is -0.278. The van der Waals surface area contributed by atoms with Gasteiger partial charge < -0.3 is 69.4 Å². The maximum Gasteiger partial charge on any atom is 0.647 e. The average molecular weight is 1350 g/mol. The molecule has 1 aromatic carbocycles. The molecule has 0 aromatic heterocycles. The van der Waals surface area contributed by atoms with Crippen molar-refractivity contribution in [2.45, 2.75) is 267 Å². The molecule has 7 N–H and O–H groups in total. The van der Waals surface area contributed by atoms with Crippen LogP contribution in [0.3, 0.4) is 0 Å². The van der Waals surface area contributed by atoms with E-state index in [1.165, 1.54) is 51.4 Å². The summed E-state index contributed by atoms with van der Waals surface area (Å²) in [5.74, 6) is 1.91. The van der Waals surface area contributed by atoms with Gasteiger partial charge in [0.25, 0.3) is 0 Å². The van der Waals surface area contributed by atoms with E-state index in [1.807, 2.05) is 38.1 Å². The molecular formula is C57H140N2O15Si9. The first-order valence-electron chi connectivity index (χ1n) is 31.7. The predicted octanol–water partition coefficient (Wildman–Crippen LogP) is 12.2. The Morgan fingerprint density at radius 1 is 0.542 bits per heavy atom. The molecule has 0 aliphatic rings. The molecule has 17 nitrogen and oxygen atoms in total. The molecule has 1 unspecified atom stereocenters. The van der Waals surface area contributed by atoms with Crippen molar-refractivity contribution in [2.75, 3.05) is 60.8 Å². The number of aliphatic hydroxyl groups excluding tert-OH is 1. The highest BCUT2D eigenvalue weighted by atomic mass is 28.5. The van der Waals surface area contributed by atoms with E-state index in [4.69, 9.17) is 48.1 Å². The fourth-order valence-electron chi connectivity index (χ4n) is 6.65. The molecule has 26 heteroatoms. The molecule has 1 aromatic rings. The van der Waals surface area contributed by atoms with Gasteiger partial charge in [-0.25, -0.2) is 0 Å². The number of nitrogens with one attached hydrogen (secondary N) is 2. The third-order valence-electron chi connectivity index (χ3n) is 10.4. The molecule has 0 radical (unpaired) electrons. The molecule has 0 fully saturated rings. The van der Waals surface area contributed by atoms with E-state index >= 15 is 0 Å². The predicted molar refractivity (Wildman–Crippen MR) is 379 cm³/mol. The number of hydrogen-bond acceptors (Lipinski definition) is 14. The lowest BCUT2D eigenvalue weighted by Crippen LogP contribution is -2.62. The van der Waals surface area contributed by atoms with Crippen molar-refractivity contribution < 1.29 is 68.9 Å². The molecular weight excluding hydrogens is 1210 g/mol. The van der Waals surface area contributed by atoms with Crippen LogP contribution in [0.2, 0.25) is 111 Å². The van der Waals surface area contributed by atoms with Gasteiger partial charge in [0.2, 0.25) is 5.91 Å². The number of benzene rings is 1. The Bertz CT molecular complexity index is 1430. The van der Waals surface area contributed by atoms with Gasteiger partial charge in [0.1, 0.15) is 17.7 Å². The standard InChI is InChI=1S/C19H48O5Si4.C17H38N2O5Si.C15H28O3Si2.2C2H8Si.C2H6.2H2O/c1-11-12-17-20-18-15-13-14-16-19-21-28(22-25(2,3)4,23-26(5,6)7)24-27(8,9)10;1-5-6-7-10-13-18-16(20)11-8-9-12-17(21)19-14-15-25(22-2,23-3)24-4;1-5-6-7-8-13-16-14-9-11-15(12-10-14)17-19-18-20(2,3)4;2*1-3-2;1-2;;/h11-19H2,1-10H3;17,19,21H,5-15H2,1-4H3,(H,18,20);9-12H,5-8,13,19H2,1-4H3;2*3H2,1-2H3;1-2H3;2*1H2. The second kappa shape index (κ2) is 61.9. The summed E-state index contributed by atoms with van der Waals surface area (Å²) in [6, 6.07) is 8.45. The number of rotatable bonds is 44. The van der Waals surface area contributed by atoms with Crippen LogP contribution < -0.4 is 19.8 Å². The molecule has 0 saturated heterocycles. The summed E-state index contributed by atoms with van der Waals surface area (Å²) in [7, 11) is -8.13. The van der Waals surface area contributed by atoms with Gasteiger partial charge in [0.15, 0.2) is 33.3 Å². The van der Waals surface area contributed by atoms with E-state index in [2.05, 4.69) is 136 Å². The Labute approximate surface area is 526 Å². The third kappa shape index (κ3) is 72.4. The van der Waals surface area contributed by atoms with Crippen LogP contribution in [0.5, 0.6) is 11.5 Å². The lowest BCUT2D eigenvalue weighted by molar-refractivity contribution is -0.121. The quantitative estimate of drug-likeness (QED) is 0.0314. The molecule has 0 heterocycles. The van der Waals surface area contributed by atoms with Crippen LogP contribution in [-0.2, 0) is 43.7 Å². The Balaban J connectivity index is -0.000000195. The second-order valence-corrected chi connectivity index (χ2v) is 52.1. The minimum atomic E-state index is -3.13. The Kier molecular flexibility index (Phi) is 71.9. The van der Waals surface area contributed by atoms with Crippen molar-refractivity contribution in [3.63, 3.8) is 0 Å². The van der Waals surface area contributed by atoms with Gasteiger partial charge in [0.05, 0.1) is 6.61 Å². The van der Waals surface area contributed by atoms with Crippen LogP contribution in [0.15, 0.2) is 24.3 Å². The fourth-order valence-corrected chi connectivity index (χ4v) is 21.9. The summed E-state index contributed by atoms with van der Waals surface area (Å²) in [5.41, 5.74) is 0. The minimum absolute atomic E-state index is 0. The monoisotopic (exact) mass is 1340 g/mol. The second-order valence-electron chi connectivity index (χ2n) is 23.9. The maximum absolute atomic E-state index is 11.7. The maximum atomic E-state index is 11.7. The highest BCUT2D eigenvalue weighted by Crippen LogP contribution is 2.27. The smallest absolute Gasteiger partial charge is 0.525 e. The Morgan fingerprint density at radius 2 is 0.964 bits per heavy atom. The number of aliphatic hydroxyl groups is 1. The molecule has 0 spiro atoms. The fraction of sp³-hybridized carbons (Fsp3) is 0.877. The van der Waals surface area contributed by atoms with E-state index in [0.29, 0.717) is 51.1 Å². The zero-order chi connectivity index (χ0) is 63.1. The first-order valence-corrected chi connectivity index (χ1v) is 55.7. The normalized spacial score (nSPS) is 12.0. The zero-order valence-corrected chi connectivity index (χ0v) is 68.8. The summed E-state index contributed by atoms with van der Waals surface area (Å²) in [5, 5.41) is 15.9. The molecule has 504 valence electrons. The first kappa shape index (κ1) is 96.4. The third-order valence-corrected chi connectivity index (χ3v) is 28.5. The van der Waals surface area contributed by atoms with Gasteiger partial charge >= 0.3 is 27.9 Å². The lowest BCUT2D eigenvalue weighted by Gasteiger charge is -2.40. The van der Waals surface area contributed by atoms with Crippen molar-refractivity contribution in [1.82, 2.24) is 10.6 Å². The van der Waals surface area contributed by atoms with Crippen LogP contribution in [0.1, 0.15) is 150 Å². The molecule has 0 saturated carbocycles. The highest BCUT2D eigenvalue weighted by Gasteiger charge is 2.53. The van der Waals surface area contributed by atoms with E-state index in [0.717, 1.165) is 89.2 Å². The number of carbonyl (C=O) groups excluding carboxylic acids is 1. The Morgan fingerprint density at radius 3 is 1.41 bits per heavy atom.